The number of carbonyl (C=O) groups is 1. The number of hydrogen-bond donors (Lipinski definition) is 0. The quantitative estimate of drug-likeness (QED) is 0.0395. The summed E-state index contributed by atoms with van der Waals surface area (Å²) < 4.78 is 6.27. The maximum Gasteiger partial charge on any atom is 0.187 e. The molecule has 0 aromatic heterocycles. The fourth-order valence-corrected chi connectivity index (χ4v) is 12.1. The molecule has 0 saturated carbocycles. The summed E-state index contributed by atoms with van der Waals surface area (Å²) in [5, 5.41) is 4.16. The number of Topliss-reactive ketones (excluding diaryl/α,β-unsaturated/α-hetero) is 1. The first-order valence-electron chi connectivity index (χ1n) is 21.2. The Morgan fingerprint density at radius 3 is 1.67 bits per heavy atom. The Kier molecular flexibility index (Phi) is 18.9. The molecule has 2 nitrogen and oxygen atoms in total. The van der Waals surface area contributed by atoms with Gasteiger partial charge in [-0.15, -0.1) is 0 Å². The van der Waals surface area contributed by atoms with Gasteiger partial charge < -0.3 is 4.74 Å². The van der Waals surface area contributed by atoms with E-state index in [0.717, 1.165) is 30.1 Å². The minimum atomic E-state index is -1.95. The zero-order valence-corrected chi connectivity index (χ0v) is 35.3. The Morgan fingerprint density at radius 2 is 1.17 bits per heavy atom. The van der Waals surface area contributed by atoms with Gasteiger partial charge in [0, 0.05) is 6.61 Å². The van der Waals surface area contributed by atoms with Crippen molar-refractivity contribution in [3.63, 3.8) is 0 Å². The number of rotatable bonds is 24. The zero-order chi connectivity index (χ0) is 38.5. The van der Waals surface area contributed by atoms with Gasteiger partial charge in [0.05, 0.1) is 6.16 Å². The number of ether oxygens (including phenoxy) is 1. The molecule has 3 aromatic rings. The van der Waals surface area contributed by atoms with Gasteiger partial charge in [0.1, 0.15) is 29.3 Å². The number of allylic oxidation sites excluding steroid dienone is 7. The third-order valence-electron chi connectivity index (χ3n) is 11.3. The first-order valence-corrected chi connectivity index (χ1v) is 23.2. The third kappa shape index (κ3) is 13.2. The van der Waals surface area contributed by atoms with Gasteiger partial charge in [0.2, 0.25) is 0 Å². The number of benzene rings is 3. The Morgan fingerprint density at radius 1 is 0.704 bits per heavy atom. The lowest BCUT2D eigenvalue weighted by molar-refractivity contribution is -0.129. The molecule has 3 aromatic carbocycles. The van der Waals surface area contributed by atoms with Gasteiger partial charge in [0.25, 0.3) is 0 Å². The molecule has 0 bridgehead atoms. The summed E-state index contributed by atoms with van der Waals surface area (Å²) in [6, 6.07) is 33.1. The maximum atomic E-state index is 13.6. The molecule has 0 fully saturated rings. The van der Waals surface area contributed by atoms with Gasteiger partial charge in [-0.3, -0.25) is 4.79 Å². The lowest BCUT2D eigenvalue weighted by atomic mass is 9.71. The van der Waals surface area contributed by atoms with Crippen LogP contribution >= 0.6 is 7.26 Å². The van der Waals surface area contributed by atoms with E-state index in [0.29, 0.717) is 6.61 Å². The molecule has 0 saturated heterocycles. The molecule has 0 radical (unpaired) electrons. The molecular weight excluding hydrogens is 676 g/mol. The van der Waals surface area contributed by atoms with Crippen LogP contribution in [0.1, 0.15) is 131 Å². The predicted octanol–water partition coefficient (Wildman–Crippen LogP) is 13.2. The molecule has 0 spiro atoms. The van der Waals surface area contributed by atoms with E-state index >= 15 is 0 Å². The van der Waals surface area contributed by atoms with E-state index in [2.05, 4.69) is 149 Å². The topological polar surface area (TPSA) is 26.3 Å². The average molecular weight is 746 g/mol. The van der Waals surface area contributed by atoms with Gasteiger partial charge in [0.15, 0.2) is 5.78 Å². The molecule has 1 aliphatic carbocycles. The smallest absolute Gasteiger partial charge is 0.187 e. The summed E-state index contributed by atoms with van der Waals surface area (Å²) >= 11 is 0. The molecular formula is C51H70O2P+. The van der Waals surface area contributed by atoms with Gasteiger partial charge in [-0.1, -0.05) is 163 Å². The summed E-state index contributed by atoms with van der Waals surface area (Å²) in [7, 11) is -1.95. The molecule has 0 amide bonds. The molecule has 0 N–H and O–H groups in total. The van der Waals surface area contributed by atoms with Gasteiger partial charge >= 0.3 is 0 Å². The fraction of sp³-hybridized carbons (Fsp3) is 0.471. The second-order valence-electron chi connectivity index (χ2n) is 16.1. The van der Waals surface area contributed by atoms with Gasteiger partial charge in [-0.05, 0) is 111 Å². The van der Waals surface area contributed by atoms with Crippen LogP contribution in [-0.2, 0) is 9.53 Å². The van der Waals surface area contributed by atoms with E-state index in [1.165, 1.54) is 105 Å². The van der Waals surface area contributed by atoms with Crippen molar-refractivity contribution in [2.75, 3.05) is 12.8 Å². The van der Waals surface area contributed by atoms with Crippen molar-refractivity contribution in [2.24, 2.45) is 5.41 Å². The van der Waals surface area contributed by atoms with Crippen molar-refractivity contribution in [1.29, 1.82) is 0 Å². The number of hydrogen-bond acceptors (Lipinski definition) is 2. The van der Waals surface area contributed by atoms with Crippen LogP contribution in [0.25, 0.3) is 0 Å². The molecule has 4 rings (SSSR count). The SMILES string of the molecule is CCCCCCCC/C=C\CCCCCCCCO[C@H]1CC(C)(C)C(C=CC(C)=CC[P+](c2ccccc2)(c2ccccc2)c2ccccc2)=C(C)C1=O. The Balaban J connectivity index is 1.27. The van der Waals surface area contributed by atoms with Crippen LogP contribution in [-0.4, -0.2) is 24.7 Å². The van der Waals surface area contributed by atoms with Crippen LogP contribution < -0.4 is 15.9 Å². The van der Waals surface area contributed by atoms with Crippen molar-refractivity contribution in [3.8, 4) is 0 Å². The molecule has 1 atom stereocenters. The summed E-state index contributed by atoms with van der Waals surface area (Å²) in [5.41, 5.74) is 3.05. The Bertz CT molecular complexity index is 1530. The molecule has 0 heterocycles. The normalized spacial score (nSPS) is 16.6. The first kappa shape index (κ1) is 43.4. The summed E-state index contributed by atoms with van der Waals surface area (Å²) in [6.45, 7) is 11.7. The van der Waals surface area contributed by atoms with Crippen LogP contribution in [0.4, 0.5) is 0 Å². The summed E-state index contributed by atoms with van der Waals surface area (Å²) in [4.78, 5) is 13.6. The number of ketones is 1. The van der Waals surface area contributed by atoms with Crippen LogP contribution in [0.5, 0.6) is 0 Å². The number of carbonyl (C=O) groups excluding carboxylic acids is 1. The molecule has 290 valence electrons. The second kappa shape index (κ2) is 23.6. The summed E-state index contributed by atoms with van der Waals surface area (Å²) in [5.74, 6) is 0.155. The minimum Gasteiger partial charge on any atom is -0.370 e. The van der Waals surface area contributed by atoms with Crippen LogP contribution in [0.3, 0.4) is 0 Å². The highest BCUT2D eigenvalue weighted by Gasteiger charge is 2.44. The van der Waals surface area contributed by atoms with E-state index in [9.17, 15) is 4.79 Å². The van der Waals surface area contributed by atoms with Gasteiger partial charge in [-0.25, -0.2) is 0 Å². The largest absolute Gasteiger partial charge is 0.370 e. The van der Waals surface area contributed by atoms with Crippen molar-refractivity contribution in [3.05, 3.63) is 138 Å². The van der Waals surface area contributed by atoms with Crippen molar-refractivity contribution in [2.45, 2.75) is 137 Å². The number of unbranched alkanes of at least 4 members (excludes halogenated alkanes) is 12. The van der Waals surface area contributed by atoms with E-state index < -0.39 is 7.26 Å². The standard InChI is InChI=1S/C51H70O2P/c1-6-7-8-9-10-11-12-13-14-15-16-17-18-19-20-30-40-53-49-42-51(4,5)48(44(3)50(49)52)38-37-43(2)39-41-54(45-31-24-21-25-32-45,46-33-26-22-27-34-46)47-35-28-23-29-36-47/h13-14,21-29,31-39,49H,6-12,15-20,30,40-42H2,1-5H3/q+1/b14-13-,38-37?,43-39?/t49-/m0/s1. The predicted molar refractivity (Wildman–Crippen MR) is 238 cm³/mol. The maximum absolute atomic E-state index is 13.6. The van der Waals surface area contributed by atoms with Crippen molar-refractivity contribution < 1.29 is 9.53 Å². The average Bonchev–Trinajstić information content (AvgIpc) is 3.19. The van der Waals surface area contributed by atoms with Crippen LogP contribution in [0.2, 0.25) is 0 Å². The molecule has 0 aliphatic heterocycles. The van der Waals surface area contributed by atoms with Crippen molar-refractivity contribution in [1.82, 2.24) is 0 Å². The zero-order valence-electron chi connectivity index (χ0n) is 34.4. The minimum absolute atomic E-state index is 0.141. The van der Waals surface area contributed by atoms with Crippen LogP contribution in [0.15, 0.2) is 138 Å². The Hall–Kier alpha value is -3.32. The van der Waals surface area contributed by atoms with E-state index in [1.54, 1.807) is 0 Å². The van der Waals surface area contributed by atoms with Gasteiger partial charge in [-0.2, -0.15) is 0 Å². The van der Waals surface area contributed by atoms with E-state index in [-0.39, 0.29) is 17.3 Å². The fourth-order valence-electron chi connectivity index (χ4n) is 7.98. The molecule has 1 aliphatic rings. The lowest BCUT2D eigenvalue weighted by Crippen LogP contribution is -2.38. The molecule has 0 unspecified atom stereocenters. The highest BCUT2D eigenvalue weighted by molar-refractivity contribution is 7.95. The monoisotopic (exact) mass is 746 g/mol. The summed E-state index contributed by atoms with van der Waals surface area (Å²) in [6.07, 6.45) is 31.0. The lowest BCUT2D eigenvalue weighted by Gasteiger charge is -2.36. The van der Waals surface area contributed by atoms with E-state index in [1.807, 2.05) is 6.92 Å². The Labute approximate surface area is 330 Å². The highest BCUT2D eigenvalue weighted by atomic mass is 31.2. The third-order valence-corrected chi connectivity index (χ3v) is 15.5. The molecule has 54 heavy (non-hydrogen) atoms. The highest BCUT2D eigenvalue weighted by Crippen LogP contribution is 2.55. The second-order valence-corrected chi connectivity index (χ2v) is 19.6. The first-order chi connectivity index (χ1) is 26.3. The van der Waals surface area contributed by atoms with E-state index in [4.69, 9.17) is 4.74 Å². The van der Waals surface area contributed by atoms with Crippen molar-refractivity contribution >= 4 is 29.0 Å². The molecule has 3 heteroatoms. The van der Waals surface area contributed by atoms with Crippen LogP contribution in [0, 0.1) is 5.41 Å².